The molecular formula is C10H11Cl2F2N. The summed E-state index contributed by atoms with van der Waals surface area (Å²) >= 11 is 11.7. The van der Waals surface area contributed by atoms with Crippen molar-refractivity contribution in [2.75, 3.05) is 6.54 Å². The van der Waals surface area contributed by atoms with Gasteiger partial charge in [0.15, 0.2) is 0 Å². The van der Waals surface area contributed by atoms with Crippen LogP contribution in [-0.2, 0) is 0 Å². The number of nitrogens with one attached hydrogen (secondary N) is 1. The lowest BCUT2D eigenvalue weighted by Crippen LogP contribution is -2.24. The van der Waals surface area contributed by atoms with Crippen molar-refractivity contribution < 1.29 is 8.78 Å². The van der Waals surface area contributed by atoms with Crippen LogP contribution < -0.4 is 5.32 Å². The molecule has 1 nitrogen and oxygen atoms in total. The number of hydrogen-bond acceptors (Lipinski definition) is 1. The molecule has 15 heavy (non-hydrogen) atoms. The largest absolute Gasteiger partial charge is 0.305 e. The van der Waals surface area contributed by atoms with E-state index in [0.29, 0.717) is 10.0 Å². The van der Waals surface area contributed by atoms with Gasteiger partial charge in [0.25, 0.3) is 6.43 Å². The van der Waals surface area contributed by atoms with E-state index in [0.717, 1.165) is 5.56 Å². The number of alkyl halides is 2. The highest BCUT2D eigenvalue weighted by molar-refractivity contribution is 6.33. The Morgan fingerprint density at radius 2 is 2.00 bits per heavy atom. The van der Waals surface area contributed by atoms with Crippen LogP contribution in [0.4, 0.5) is 8.78 Å². The summed E-state index contributed by atoms with van der Waals surface area (Å²) < 4.78 is 23.9. The molecule has 0 aliphatic rings. The summed E-state index contributed by atoms with van der Waals surface area (Å²) in [6.45, 7) is 1.41. The number of hydrogen-bond donors (Lipinski definition) is 1. The number of rotatable bonds is 4. The van der Waals surface area contributed by atoms with E-state index >= 15 is 0 Å². The van der Waals surface area contributed by atoms with Crippen molar-refractivity contribution in [1.29, 1.82) is 0 Å². The summed E-state index contributed by atoms with van der Waals surface area (Å²) in [4.78, 5) is 0. The summed E-state index contributed by atoms with van der Waals surface area (Å²) in [7, 11) is 0. The molecule has 0 saturated carbocycles. The molecule has 0 aliphatic heterocycles. The molecule has 0 spiro atoms. The van der Waals surface area contributed by atoms with Gasteiger partial charge in [0, 0.05) is 16.1 Å². The molecule has 1 atom stereocenters. The Morgan fingerprint density at radius 1 is 1.33 bits per heavy atom. The van der Waals surface area contributed by atoms with Crippen LogP contribution in [0, 0.1) is 0 Å². The van der Waals surface area contributed by atoms with Gasteiger partial charge in [0.2, 0.25) is 0 Å². The second-order valence-electron chi connectivity index (χ2n) is 3.19. The third-order valence-corrected chi connectivity index (χ3v) is 2.58. The molecule has 0 aromatic heterocycles. The first-order valence-electron chi connectivity index (χ1n) is 4.47. The molecule has 0 radical (unpaired) electrons. The highest BCUT2D eigenvalue weighted by atomic mass is 35.5. The standard InChI is InChI=1S/C10H11Cl2F2N/c1-6(15-5-10(13)14)8-4-7(11)2-3-9(8)12/h2-4,6,10,15H,5H2,1H3. The van der Waals surface area contributed by atoms with Gasteiger partial charge < -0.3 is 5.32 Å². The molecule has 1 aromatic carbocycles. The second kappa shape index (κ2) is 5.64. The highest BCUT2D eigenvalue weighted by Crippen LogP contribution is 2.26. The van der Waals surface area contributed by atoms with E-state index in [4.69, 9.17) is 23.2 Å². The fourth-order valence-electron chi connectivity index (χ4n) is 1.22. The Bertz CT molecular complexity index is 331. The Labute approximate surface area is 97.4 Å². The van der Waals surface area contributed by atoms with Gasteiger partial charge in [0.1, 0.15) is 0 Å². The van der Waals surface area contributed by atoms with Crippen molar-refractivity contribution >= 4 is 23.2 Å². The summed E-state index contributed by atoms with van der Waals surface area (Å²) in [6.07, 6.45) is -2.37. The van der Waals surface area contributed by atoms with Gasteiger partial charge in [-0.2, -0.15) is 0 Å². The van der Waals surface area contributed by atoms with Crippen molar-refractivity contribution in [2.45, 2.75) is 19.4 Å². The predicted molar refractivity (Wildman–Crippen MR) is 58.9 cm³/mol. The maximum absolute atomic E-state index is 12.0. The third-order valence-electron chi connectivity index (χ3n) is 2.00. The van der Waals surface area contributed by atoms with Crippen LogP contribution in [0.1, 0.15) is 18.5 Å². The monoisotopic (exact) mass is 253 g/mol. The maximum atomic E-state index is 12.0. The van der Waals surface area contributed by atoms with E-state index in [-0.39, 0.29) is 12.6 Å². The van der Waals surface area contributed by atoms with Crippen LogP contribution >= 0.6 is 23.2 Å². The van der Waals surface area contributed by atoms with Crippen molar-refractivity contribution in [3.05, 3.63) is 33.8 Å². The third kappa shape index (κ3) is 3.93. The lowest BCUT2D eigenvalue weighted by atomic mass is 10.1. The van der Waals surface area contributed by atoms with Gasteiger partial charge in [-0.05, 0) is 30.7 Å². The second-order valence-corrected chi connectivity index (χ2v) is 4.03. The average molecular weight is 254 g/mol. The van der Waals surface area contributed by atoms with Crippen LogP contribution in [0.2, 0.25) is 10.0 Å². The van der Waals surface area contributed by atoms with Crippen LogP contribution in [0.25, 0.3) is 0 Å². The van der Waals surface area contributed by atoms with Crippen LogP contribution in [0.15, 0.2) is 18.2 Å². The minimum atomic E-state index is -2.37. The minimum absolute atomic E-state index is 0.245. The first-order valence-corrected chi connectivity index (χ1v) is 5.22. The molecule has 1 rings (SSSR count). The normalized spacial score (nSPS) is 13.2. The minimum Gasteiger partial charge on any atom is -0.305 e. The molecule has 0 aliphatic carbocycles. The van der Waals surface area contributed by atoms with Crippen LogP contribution in [-0.4, -0.2) is 13.0 Å². The van der Waals surface area contributed by atoms with Crippen molar-refractivity contribution in [3.8, 4) is 0 Å². The van der Waals surface area contributed by atoms with Gasteiger partial charge in [-0.3, -0.25) is 0 Å². The van der Waals surface area contributed by atoms with E-state index in [9.17, 15) is 8.78 Å². The Hall–Kier alpha value is -0.380. The predicted octanol–water partition coefficient (Wildman–Crippen LogP) is 3.91. The zero-order valence-electron chi connectivity index (χ0n) is 8.11. The molecule has 0 bridgehead atoms. The van der Waals surface area contributed by atoms with Gasteiger partial charge in [-0.1, -0.05) is 23.2 Å². The molecule has 1 unspecified atom stereocenters. The zero-order valence-corrected chi connectivity index (χ0v) is 9.62. The van der Waals surface area contributed by atoms with Crippen LogP contribution in [0.5, 0.6) is 0 Å². The molecule has 0 heterocycles. The fraction of sp³-hybridized carbons (Fsp3) is 0.400. The summed E-state index contributed by atoms with van der Waals surface area (Å²) in [5, 5.41) is 3.74. The lowest BCUT2D eigenvalue weighted by Gasteiger charge is -2.15. The molecule has 0 amide bonds. The van der Waals surface area contributed by atoms with Gasteiger partial charge in [0.05, 0.1) is 6.54 Å². The molecule has 0 fully saturated rings. The molecule has 1 aromatic rings. The quantitative estimate of drug-likeness (QED) is 0.858. The molecule has 0 saturated heterocycles. The lowest BCUT2D eigenvalue weighted by molar-refractivity contribution is 0.142. The molecular weight excluding hydrogens is 243 g/mol. The van der Waals surface area contributed by atoms with Crippen molar-refractivity contribution in [3.63, 3.8) is 0 Å². The van der Waals surface area contributed by atoms with E-state index in [2.05, 4.69) is 5.32 Å². The molecule has 84 valence electrons. The van der Waals surface area contributed by atoms with Crippen molar-refractivity contribution in [1.82, 2.24) is 5.32 Å². The summed E-state index contributed by atoms with van der Waals surface area (Å²) in [6, 6.07) is 4.74. The Morgan fingerprint density at radius 3 is 2.60 bits per heavy atom. The summed E-state index contributed by atoms with van der Waals surface area (Å²) in [5.41, 5.74) is 0.727. The first-order chi connectivity index (χ1) is 7.00. The summed E-state index contributed by atoms with van der Waals surface area (Å²) in [5.74, 6) is 0. The van der Waals surface area contributed by atoms with Gasteiger partial charge in [-0.15, -0.1) is 0 Å². The molecule has 5 heteroatoms. The fourth-order valence-corrected chi connectivity index (χ4v) is 1.68. The highest BCUT2D eigenvalue weighted by Gasteiger charge is 2.11. The van der Waals surface area contributed by atoms with Crippen LogP contribution in [0.3, 0.4) is 0 Å². The van der Waals surface area contributed by atoms with E-state index in [1.54, 1.807) is 25.1 Å². The smallest absolute Gasteiger partial charge is 0.250 e. The maximum Gasteiger partial charge on any atom is 0.250 e. The van der Waals surface area contributed by atoms with Gasteiger partial charge >= 0.3 is 0 Å². The number of benzene rings is 1. The SMILES string of the molecule is CC(NCC(F)F)c1cc(Cl)ccc1Cl. The average Bonchev–Trinajstić information content (AvgIpc) is 2.18. The molecule has 1 N–H and O–H groups in total. The van der Waals surface area contributed by atoms with E-state index in [1.165, 1.54) is 0 Å². The van der Waals surface area contributed by atoms with E-state index < -0.39 is 6.43 Å². The van der Waals surface area contributed by atoms with Crippen molar-refractivity contribution in [2.24, 2.45) is 0 Å². The Balaban J connectivity index is 2.72. The topological polar surface area (TPSA) is 12.0 Å². The van der Waals surface area contributed by atoms with E-state index in [1.807, 2.05) is 0 Å². The van der Waals surface area contributed by atoms with Gasteiger partial charge in [-0.25, -0.2) is 8.78 Å². The number of halogens is 4. The zero-order chi connectivity index (χ0) is 11.4. The first kappa shape index (κ1) is 12.7. The Kier molecular flexibility index (Phi) is 4.77.